The molecule has 1 aliphatic rings. The third-order valence-electron chi connectivity index (χ3n) is 2.26. The van der Waals surface area contributed by atoms with Crippen LogP contribution in [0.3, 0.4) is 0 Å². The maximum atomic E-state index is 5.32. The van der Waals surface area contributed by atoms with E-state index in [1.165, 1.54) is 0 Å². The molecule has 0 fully saturated rings. The molecule has 0 spiro atoms. The van der Waals surface area contributed by atoms with Gasteiger partial charge in [0.1, 0.15) is 6.10 Å². The Kier molecular flexibility index (Phi) is 4.48. The van der Waals surface area contributed by atoms with E-state index in [1.807, 2.05) is 6.08 Å². The van der Waals surface area contributed by atoms with Gasteiger partial charge in [0.05, 0.1) is 10.3 Å². The highest BCUT2D eigenvalue weighted by atomic mass is 79.9. The topological polar surface area (TPSA) is 24.5 Å². The Morgan fingerprint density at radius 2 is 2.21 bits per heavy atom. The van der Waals surface area contributed by atoms with Crippen LogP contribution in [0.15, 0.2) is 22.6 Å². The molecule has 80 valence electrons. The number of hydrogen-bond donors (Lipinski definition) is 1. The van der Waals surface area contributed by atoms with Gasteiger partial charge in [-0.15, -0.1) is 0 Å². The molecule has 14 heavy (non-hydrogen) atoms. The fraction of sp³-hybridized carbons (Fsp3) is 0.600. The molecule has 0 aromatic rings. The molecular weight excluding hydrogens is 244 g/mol. The van der Waals surface area contributed by atoms with Crippen LogP contribution in [0, 0.1) is 0 Å². The molecule has 1 heterocycles. The highest BCUT2D eigenvalue weighted by molar-refractivity contribution is 9.11. The van der Waals surface area contributed by atoms with Crippen molar-refractivity contribution in [3.05, 3.63) is 22.6 Å². The quantitative estimate of drug-likeness (QED) is 0.783. The summed E-state index contributed by atoms with van der Waals surface area (Å²) in [5.74, 6) is 0. The first-order chi connectivity index (χ1) is 6.71. The van der Waals surface area contributed by atoms with Crippen LogP contribution in [0.4, 0.5) is 0 Å². The average molecular weight is 261 g/mol. The molecule has 1 rings (SSSR count). The van der Waals surface area contributed by atoms with Gasteiger partial charge in [0.15, 0.2) is 0 Å². The average Bonchev–Trinajstić information content (AvgIpc) is 2.55. The van der Waals surface area contributed by atoms with Gasteiger partial charge in [0.25, 0.3) is 0 Å². The SMILES string of the molecule is CCN(C=C1NC(Br)=CC1OC)CC. The molecule has 1 atom stereocenters. The summed E-state index contributed by atoms with van der Waals surface area (Å²) in [7, 11) is 1.71. The molecule has 0 saturated heterocycles. The molecule has 1 aliphatic heterocycles. The minimum atomic E-state index is 0.0463. The van der Waals surface area contributed by atoms with Gasteiger partial charge in [-0.2, -0.15) is 0 Å². The highest BCUT2D eigenvalue weighted by Crippen LogP contribution is 2.20. The zero-order valence-corrected chi connectivity index (χ0v) is 10.5. The Bertz CT molecular complexity index is 247. The van der Waals surface area contributed by atoms with Crippen LogP contribution in [-0.4, -0.2) is 31.2 Å². The number of hydrogen-bond acceptors (Lipinski definition) is 3. The first-order valence-corrected chi connectivity index (χ1v) is 5.63. The van der Waals surface area contributed by atoms with E-state index in [2.05, 4.69) is 46.2 Å². The summed E-state index contributed by atoms with van der Waals surface area (Å²) >= 11 is 3.40. The van der Waals surface area contributed by atoms with Crippen LogP contribution >= 0.6 is 15.9 Å². The summed E-state index contributed by atoms with van der Waals surface area (Å²) in [5.41, 5.74) is 1.09. The van der Waals surface area contributed by atoms with Gasteiger partial charge in [0.2, 0.25) is 0 Å². The van der Waals surface area contributed by atoms with Crippen molar-refractivity contribution in [2.45, 2.75) is 20.0 Å². The molecule has 0 saturated carbocycles. The maximum absolute atomic E-state index is 5.32. The van der Waals surface area contributed by atoms with Gasteiger partial charge in [-0.3, -0.25) is 0 Å². The van der Waals surface area contributed by atoms with Gasteiger partial charge in [-0.25, -0.2) is 0 Å². The van der Waals surface area contributed by atoms with Crippen molar-refractivity contribution in [3.8, 4) is 0 Å². The van der Waals surface area contributed by atoms with E-state index in [0.717, 1.165) is 23.4 Å². The monoisotopic (exact) mass is 260 g/mol. The molecular formula is C10H17BrN2O. The molecule has 0 aromatic heterocycles. The number of rotatable bonds is 4. The van der Waals surface area contributed by atoms with Gasteiger partial charge < -0.3 is 15.0 Å². The third-order valence-corrected chi connectivity index (χ3v) is 2.72. The zero-order chi connectivity index (χ0) is 10.6. The third kappa shape index (κ3) is 2.75. The lowest BCUT2D eigenvalue weighted by Gasteiger charge is -2.18. The lowest BCUT2D eigenvalue weighted by Crippen LogP contribution is -2.22. The zero-order valence-electron chi connectivity index (χ0n) is 8.88. The van der Waals surface area contributed by atoms with Crippen LogP contribution in [0.5, 0.6) is 0 Å². The predicted octanol–water partition coefficient (Wildman–Crippen LogP) is 2.02. The Balaban J connectivity index is 2.69. The summed E-state index contributed by atoms with van der Waals surface area (Å²) in [6.45, 7) is 6.30. The maximum Gasteiger partial charge on any atom is 0.119 e. The number of nitrogens with one attached hydrogen (secondary N) is 1. The van der Waals surface area contributed by atoms with Crippen LogP contribution < -0.4 is 5.32 Å². The van der Waals surface area contributed by atoms with Crippen LogP contribution in [0.25, 0.3) is 0 Å². The molecule has 3 nitrogen and oxygen atoms in total. The summed E-state index contributed by atoms with van der Waals surface area (Å²) in [6.07, 6.45) is 4.17. The number of nitrogens with zero attached hydrogens (tertiary/aromatic N) is 1. The number of methoxy groups -OCH3 is 1. The van der Waals surface area contributed by atoms with Crippen molar-refractivity contribution < 1.29 is 4.74 Å². The molecule has 0 aromatic carbocycles. The van der Waals surface area contributed by atoms with E-state index >= 15 is 0 Å². The second-order valence-corrected chi connectivity index (χ2v) is 3.96. The summed E-state index contributed by atoms with van der Waals surface area (Å²) < 4.78 is 6.29. The van der Waals surface area contributed by atoms with E-state index in [-0.39, 0.29) is 6.10 Å². The minimum Gasteiger partial charge on any atom is -0.376 e. The van der Waals surface area contributed by atoms with Crippen molar-refractivity contribution in [1.29, 1.82) is 0 Å². The Hall–Kier alpha value is -0.480. The molecule has 0 aliphatic carbocycles. The van der Waals surface area contributed by atoms with E-state index < -0.39 is 0 Å². The molecule has 1 unspecified atom stereocenters. The lowest BCUT2D eigenvalue weighted by molar-refractivity contribution is 0.167. The smallest absolute Gasteiger partial charge is 0.119 e. The van der Waals surface area contributed by atoms with Gasteiger partial charge in [-0.05, 0) is 35.9 Å². The summed E-state index contributed by atoms with van der Waals surface area (Å²) in [6, 6.07) is 0. The van der Waals surface area contributed by atoms with Gasteiger partial charge >= 0.3 is 0 Å². The highest BCUT2D eigenvalue weighted by Gasteiger charge is 2.19. The first-order valence-electron chi connectivity index (χ1n) is 4.84. The summed E-state index contributed by atoms with van der Waals surface area (Å²) in [4.78, 5) is 2.23. The second-order valence-electron chi connectivity index (χ2n) is 3.10. The second kappa shape index (κ2) is 5.41. The van der Waals surface area contributed by atoms with Crippen molar-refractivity contribution in [2.75, 3.05) is 20.2 Å². The van der Waals surface area contributed by atoms with E-state index in [4.69, 9.17) is 4.74 Å². The normalized spacial score (nSPS) is 23.6. The van der Waals surface area contributed by atoms with Gasteiger partial charge in [-0.1, -0.05) is 0 Å². The standard InChI is InChI=1S/C10H17BrN2O/c1-4-13(5-2)7-8-9(14-3)6-10(11)12-8/h6-7,9,12H,4-5H2,1-3H3. The largest absolute Gasteiger partial charge is 0.376 e. The van der Waals surface area contributed by atoms with Crippen molar-refractivity contribution in [3.63, 3.8) is 0 Å². The minimum absolute atomic E-state index is 0.0463. The van der Waals surface area contributed by atoms with Crippen molar-refractivity contribution in [1.82, 2.24) is 10.2 Å². The Labute approximate surface area is 93.9 Å². The fourth-order valence-corrected chi connectivity index (χ4v) is 1.85. The summed E-state index contributed by atoms with van der Waals surface area (Å²) in [5, 5.41) is 3.23. The molecule has 0 bridgehead atoms. The fourth-order valence-electron chi connectivity index (χ4n) is 1.38. The van der Waals surface area contributed by atoms with Gasteiger partial charge in [0, 0.05) is 26.4 Å². The Morgan fingerprint density at radius 1 is 1.57 bits per heavy atom. The molecule has 0 amide bonds. The lowest BCUT2D eigenvalue weighted by atomic mass is 10.3. The predicted molar refractivity (Wildman–Crippen MR) is 61.9 cm³/mol. The van der Waals surface area contributed by atoms with Crippen LogP contribution in [0.2, 0.25) is 0 Å². The molecule has 1 N–H and O–H groups in total. The van der Waals surface area contributed by atoms with Crippen molar-refractivity contribution in [2.24, 2.45) is 0 Å². The van der Waals surface area contributed by atoms with Crippen LogP contribution in [0.1, 0.15) is 13.8 Å². The molecule has 4 heteroatoms. The first kappa shape index (κ1) is 11.6. The van der Waals surface area contributed by atoms with Crippen molar-refractivity contribution >= 4 is 15.9 Å². The number of halogens is 1. The van der Waals surface area contributed by atoms with E-state index in [9.17, 15) is 0 Å². The van der Waals surface area contributed by atoms with E-state index in [1.54, 1.807) is 7.11 Å². The van der Waals surface area contributed by atoms with Crippen LogP contribution in [-0.2, 0) is 4.74 Å². The number of ether oxygens (including phenoxy) is 1. The Morgan fingerprint density at radius 3 is 2.71 bits per heavy atom. The molecule has 0 radical (unpaired) electrons. The van der Waals surface area contributed by atoms with E-state index in [0.29, 0.717) is 0 Å².